The molecule has 0 aromatic heterocycles. The molecule has 18 heteroatoms. The van der Waals surface area contributed by atoms with Gasteiger partial charge in [-0.1, -0.05) is 24.3 Å². The van der Waals surface area contributed by atoms with Gasteiger partial charge in [0.2, 0.25) is 0 Å². The maximum Gasteiger partial charge on any atom is 0.419 e. The van der Waals surface area contributed by atoms with Crippen LogP contribution in [0.2, 0.25) is 0 Å². The molecule has 6 amide bonds. The molecule has 0 fully saturated rings. The van der Waals surface area contributed by atoms with Crippen molar-refractivity contribution in [3.8, 4) is 0 Å². The second-order valence-corrected chi connectivity index (χ2v) is 24.2. The third-order valence-corrected chi connectivity index (χ3v) is 9.59. The first kappa shape index (κ1) is 65.2. The Kier molecular flexibility index (Phi) is 26.9. The van der Waals surface area contributed by atoms with Gasteiger partial charge in [0.1, 0.15) is 33.6 Å². The summed E-state index contributed by atoms with van der Waals surface area (Å²) in [6.07, 6.45) is 1.17. The van der Waals surface area contributed by atoms with Crippen molar-refractivity contribution in [2.24, 2.45) is 0 Å². The molecule has 0 aliphatic carbocycles. The minimum absolute atomic E-state index is 0.0775. The van der Waals surface area contributed by atoms with Crippen LogP contribution in [0.4, 0.5) is 28.8 Å². The molecule has 0 unspecified atom stereocenters. The number of hydrogen-bond donors (Lipinski definition) is 2. The van der Waals surface area contributed by atoms with Crippen LogP contribution in [0.1, 0.15) is 187 Å². The number of ether oxygens (including phenoxy) is 6. The van der Waals surface area contributed by atoms with Crippen LogP contribution in [0, 0.1) is 0 Å². The Balaban J connectivity index is 2.68. The number of imide groups is 2. The molecular formula is C54H96N6O12. The fourth-order valence-electron chi connectivity index (χ4n) is 6.59. The Bertz CT molecular complexity index is 1650. The predicted molar refractivity (Wildman–Crippen MR) is 281 cm³/mol. The van der Waals surface area contributed by atoms with E-state index in [2.05, 4.69) is 28.8 Å². The average Bonchev–Trinajstić information content (AvgIpc) is 3.17. The first-order valence-corrected chi connectivity index (χ1v) is 25.9. The second kappa shape index (κ2) is 29.8. The van der Waals surface area contributed by atoms with E-state index in [0.717, 1.165) is 59.7 Å². The summed E-state index contributed by atoms with van der Waals surface area (Å²) in [6.45, 7) is 36.6. The normalized spacial score (nSPS) is 12.4. The Labute approximate surface area is 433 Å². The van der Waals surface area contributed by atoms with Gasteiger partial charge in [-0.05, 0) is 200 Å². The highest BCUT2D eigenvalue weighted by Crippen LogP contribution is 2.19. The summed E-state index contributed by atoms with van der Waals surface area (Å²) >= 11 is 0. The SMILES string of the molecule is CC(C)(C)OC(=O)N(CCCCNCc1cccc(CNCCCCN(CCCCN(C(=O)OC(C)(C)C)C(=O)OC(C)(C)C)C(=O)OC(C)(C)C)c1)CCCCN(C(=O)OC(C)(C)C)C(=O)OC(C)(C)C. The molecule has 0 atom stereocenters. The van der Waals surface area contributed by atoms with Crippen molar-refractivity contribution in [3.63, 3.8) is 0 Å². The number of nitrogens with zero attached hydrogens (tertiary/aromatic N) is 4. The second-order valence-electron chi connectivity index (χ2n) is 24.2. The summed E-state index contributed by atoms with van der Waals surface area (Å²) in [5, 5.41) is 7.04. The van der Waals surface area contributed by atoms with Gasteiger partial charge in [0.05, 0.1) is 0 Å². The zero-order valence-electron chi connectivity index (χ0n) is 47.7. The van der Waals surface area contributed by atoms with Crippen molar-refractivity contribution < 1.29 is 57.2 Å². The molecule has 1 aromatic carbocycles. The standard InChI is InChI=1S/C54H96N6O12/c1-49(2,3)67-43(61)57(34-23-25-36-59(45(63)69-51(7,8)9)46(64)70-52(10,11)12)32-21-19-30-55-39-41-28-27-29-42(38-41)40-56-31-20-22-33-58(44(62)68-50(4,5)6)35-24-26-37-60(47(65)71-53(13,14)15)48(66)72-54(16,17)18/h27-29,38,55-56H,19-26,30-37,39-40H2,1-18H3. The van der Waals surface area contributed by atoms with Gasteiger partial charge in [-0.25, -0.2) is 38.6 Å². The number of carbonyl (C=O) groups is 6. The first-order chi connectivity index (χ1) is 32.9. The number of rotatable bonds is 24. The zero-order valence-corrected chi connectivity index (χ0v) is 47.7. The number of benzene rings is 1. The lowest BCUT2D eigenvalue weighted by molar-refractivity contribution is -0.00123. The van der Waals surface area contributed by atoms with E-state index in [9.17, 15) is 28.8 Å². The maximum atomic E-state index is 13.2. The lowest BCUT2D eigenvalue weighted by atomic mass is 10.1. The molecule has 414 valence electrons. The van der Waals surface area contributed by atoms with Gasteiger partial charge in [0.25, 0.3) is 0 Å². The minimum atomic E-state index is -0.792. The molecule has 0 radical (unpaired) electrons. The van der Waals surface area contributed by atoms with Crippen LogP contribution in [0.15, 0.2) is 24.3 Å². The topological polar surface area (TPSA) is 195 Å². The summed E-state index contributed by atoms with van der Waals surface area (Å²) in [5.41, 5.74) is -2.18. The molecule has 0 aliphatic heterocycles. The molecule has 0 spiro atoms. The lowest BCUT2D eigenvalue weighted by Gasteiger charge is -2.29. The van der Waals surface area contributed by atoms with E-state index >= 15 is 0 Å². The van der Waals surface area contributed by atoms with E-state index in [0.29, 0.717) is 65.0 Å². The highest BCUT2D eigenvalue weighted by atomic mass is 16.6. The molecule has 1 rings (SSSR count). The molecule has 18 nitrogen and oxygen atoms in total. The summed E-state index contributed by atoms with van der Waals surface area (Å²) in [5.74, 6) is 0. The van der Waals surface area contributed by atoms with Crippen LogP contribution in [-0.2, 0) is 41.5 Å². The van der Waals surface area contributed by atoms with Crippen LogP contribution >= 0.6 is 0 Å². The third kappa shape index (κ3) is 32.3. The summed E-state index contributed by atoms with van der Waals surface area (Å²) in [6, 6.07) is 8.40. The molecule has 0 bridgehead atoms. The highest BCUT2D eigenvalue weighted by molar-refractivity contribution is 5.88. The molecule has 0 heterocycles. The maximum absolute atomic E-state index is 13.2. The van der Waals surface area contributed by atoms with Gasteiger partial charge in [-0.15, -0.1) is 0 Å². The van der Waals surface area contributed by atoms with Crippen molar-refractivity contribution in [1.82, 2.24) is 30.2 Å². The number of hydrogen-bond acceptors (Lipinski definition) is 14. The van der Waals surface area contributed by atoms with E-state index in [-0.39, 0.29) is 13.1 Å². The van der Waals surface area contributed by atoms with Gasteiger partial charge < -0.3 is 48.9 Å². The number of carbonyl (C=O) groups excluding carboxylic acids is 6. The van der Waals surface area contributed by atoms with Crippen molar-refractivity contribution in [1.29, 1.82) is 0 Å². The van der Waals surface area contributed by atoms with Gasteiger partial charge in [-0.2, -0.15) is 0 Å². The van der Waals surface area contributed by atoms with Crippen LogP contribution in [-0.4, -0.2) is 142 Å². The van der Waals surface area contributed by atoms with Gasteiger partial charge in [0, 0.05) is 52.4 Å². The van der Waals surface area contributed by atoms with Crippen LogP contribution < -0.4 is 10.6 Å². The largest absolute Gasteiger partial charge is 0.444 e. The Hall–Kier alpha value is -4.84. The van der Waals surface area contributed by atoms with Gasteiger partial charge in [0.15, 0.2) is 0 Å². The van der Waals surface area contributed by atoms with Gasteiger partial charge in [-0.3, -0.25) is 0 Å². The van der Waals surface area contributed by atoms with Crippen LogP contribution in [0.5, 0.6) is 0 Å². The summed E-state index contributed by atoms with van der Waals surface area (Å²) < 4.78 is 33.3. The fourth-order valence-corrected chi connectivity index (χ4v) is 6.59. The Morgan fingerprint density at radius 3 is 0.861 bits per heavy atom. The van der Waals surface area contributed by atoms with Crippen molar-refractivity contribution in [2.75, 3.05) is 52.4 Å². The van der Waals surface area contributed by atoms with E-state index in [1.807, 2.05) is 47.6 Å². The monoisotopic (exact) mass is 1020 g/mol. The fraction of sp³-hybridized carbons (Fsp3) is 0.778. The predicted octanol–water partition coefficient (Wildman–Crippen LogP) is 11.8. The van der Waals surface area contributed by atoms with Crippen molar-refractivity contribution >= 4 is 36.6 Å². The number of nitrogens with one attached hydrogen (secondary N) is 2. The van der Waals surface area contributed by atoms with Gasteiger partial charge >= 0.3 is 36.6 Å². The molecule has 72 heavy (non-hydrogen) atoms. The molecule has 0 saturated heterocycles. The third-order valence-electron chi connectivity index (χ3n) is 9.59. The van der Waals surface area contributed by atoms with E-state index in [4.69, 9.17) is 28.4 Å². The molecule has 0 saturated carbocycles. The lowest BCUT2D eigenvalue weighted by Crippen LogP contribution is -2.44. The Morgan fingerprint density at radius 1 is 0.361 bits per heavy atom. The van der Waals surface area contributed by atoms with Crippen LogP contribution in [0.3, 0.4) is 0 Å². The van der Waals surface area contributed by atoms with Crippen molar-refractivity contribution in [2.45, 2.75) is 223 Å². The molecule has 1 aromatic rings. The quantitative estimate of drug-likeness (QED) is 0.0733. The Morgan fingerprint density at radius 2 is 0.597 bits per heavy atom. The minimum Gasteiger partial charge on any atom is -0.444 e. The first-order valence-electron chi connectivity index (χ1n) is 25.9. The number of unbranched alkanes of at least 4 members (excludes halogenated alkanes) is 4. The molecule has 0 aliphatic rings. The van der Waals surface area contributed by atoms with E-state index in [1.54, 1.807) is 92.9 Å². The number of amides is 6. The van der Waals surface area contributed by atoms with Crippen molar-refractivity contribution in [3.05, 3.63) is 35.4 Å². The van der Waals surface area contributed by atoms with E-state index in [1.165, 1.54) is 0 Å². The van der Waals surface area contributed by atoms with E-state index < -0.39 is 70.2 Å². The average molecular weight is 1020 g/mol. The molecule has 2 N–H and O–H groups in total. The smallest absolute Gasteiger partial charge is 0.419 e. The molecular weight excluding hydrogens is 925 g/mol. The summed E-state index contributed by atoms with van der Waals surface area (Å²) in [7, 11) is 0. The zero-order chi connectivity index (χ0) is 55.1. The summed E-state index contributed by atoms with van der Waals surface area (Å²) in [4.78, 5) is 83.5. The van der Waals surface area contributed by atoms with Crippen LogP contribution in [0.25, 0.3) is 0 Å². The highest BCUT2D eigenvalue weighted by Gasteiger charge is 2.33.